The molecule has 0 aliphatic carbocycles. The van der Waals surface area contributed by atoms with Gasteiger partial charge in [-0.25, -0.2) is 4.98 Å². The molecule has 1 aromatic carbocycles. The molecule has 0 aliphatic rings. The maximum Gasteiger partial charge on any atom is 0.228 e. The van der Waals surface area contributed by atoms with Crippen LogP contribution in [0.3, 0.4) is 0 Å². The molecule has 2 rings (SSSR count). The monoisotopic (exact) mass is 314 g/mol. The van der Waals surface area contributed by atoms with Crippen molar-refractivity contribution < 1.29 is 4.79 Å². The fourth-order valence-corrected chi connectivity index (χ4v) is 3.01. The van der Waals surface area contributed by atoms with Crippen molar-refractivity contribution in [2.45, 2.75) is 27.2 Å². The molecule has 0 saturated heterocycles. The Bertz CT molecular complexity index is 658. The van der Waals surface area contributed by atoms with Crippen LogP contribution in [-0.2, 0) is 11.2 Å². The van der Waals surface area contributed by atoms with Crippen LogP contribution in [0.4, 0.5) is 0 Å². The molecule has 116 valence electrons. The molecule has 0 bridgehead atoms. The lowest BCUT2D eigenvalue weighted by atomic mass is 10.2. The number of aromatic nitrogens is 1. The third kappa shape index (κ3) is 4.28. The summed E-state index contributed by atoms with van der Waals surface area (Å²) in [5.41, 5.74) is 4.16. The zero-order valence-corrected chi connectivity index (χ0v) is 14.2. The van der Waals surface area contributed by atoms with E-state index >= 15 is 0 Å². The highest BCUT2D eigenvalue weighted by molar-refractivity contribution is 7.13. The number of likely N-dealkylation sites (N-methyl/N-ethyl adjacent to an activating group) is 1. The molecule has 0 radical (unpaired) electrons. The molecule has 1 heterocycles. The van der Waals surface area contributed by atoms with Gasteiger partial charge >= 0.3 is 0 Å². The maximum atomic E-state index is 12.3. The number of hydrogen-bond donors (Lipinski definition) is 0. The van der Waals surface area contributed by atoms with Gasteiger partial charge in [0.15, 0.2) is 0 Å². The van der Waals surface area contributed by atoms with Gasteiger partial charge in [0.25, 0.3) is 0 Å². The Hall–Kier alpha value is -1.94. The minimum Gasteiger partial charge on any atom is -0.339 e. The Morgan fingerprint density at radius 2 is 2.00 bits per heavy atom. The lowest BCUT2D eigenvalue weighted by Gasteiger charge is -2.20. The molecule has 22 heavy (non-hydrogen) atoms. The van der Waals surface area contributed by atoms with Gasteiger partial charge in [-0.15, -0.1) is 11.3 Å². The molecule has 2 aromatic rings. The van der Waals surface area contributed by atoms with Crippen LogP contribution in [0.15, 0.2) is 41.8 Å². The number of nitrogens with zero attached hydrogens (tertiary/aromatic N) is 2. The maximum absolute atomic E-state index is 12.3. The zero-order valence-electron chi connectivity index (χ0n) is 13.4. The number of benzene rings is 1. The van der Waals surface area contributed by atoms with Crippen molar-refractivity contribution in [3.05, 3.63) is 53.1 Å². The van der Waals surface area contributed by atoms with Crippen LogP contribution in [0, 0.1) is 6.92 Å². The van der Waals surface area contributed by atoms with E-state index in [-0.39, 0.29) is 5.91 Å². The SMILES string of the molecule is C=C(C)CN(CC)C(=O)Cc1csc(-c2ccc(C)cc2)n1. The van der Waals surface area contributed by atoms with Crippen LogP contribution in [0.5, 0.6) is 0 Å². The molecule has 1 amide bonds. The van der Waals surface area contributed by atoms with E-state index < -0.39 is 0 Å². The molecule has 0 unspecified atom stereocenters. The summed E-state index contributed by atoms with van der Waals surface area (Å²) in [5.74, 6) is 0.103. The van der Waals surface area contributed by atoms with Crippen LogP contribution in [0.1, 0.15) is 25.1 Å². The Kier molecular flexibility index (Phi) is 5.50. The standard InChI is InChI=1S/C18H22N2OS/c1-5-20(11-13(2)3)17(21)10-16-12-22-18(19-16)15-8-6-14(4)7-9-15/h6-9,12H,2,5,10-11H2,1,3-4H3. The number of amides is 1. The van der Waals surface area contributed by atoms with Crippen LogP contribution in [-0.4, -0.2) is 28.9 Å². The largest absolute Gasteiger partial charge is 0.339 e. The topological polar surface area (TPSA) is 33.2 Å². The van der Waals surface area contributed by atoms with Crippen molar-refractivity contribution in [2.75, 3.05) is 13.1 Å². The number of carbonyl (C=O) groups is 1. The second-order valence-corrected chi connectivity index (χ2v) is 6.41. The highest BCUT2D eigenvalue weighted by atomic mass is 32.1. The first-order valence-corrected chi connectivity index (χ1v) is 8.31. The van der Waals surface area contributed by atoms with Gasteiger partial charge in [-0.2, -0.15) is 0 Å². The quantitative estimate of drug-likeness (QED) is 0.753. The molecular weight excluding hydrogens is 292 g/mol. The molecule has 0 saturated carbocycles. The van der Waals surface area contributed by atoms with E-state index in [0.717, 1.165) is 21.8 Å². The third-order valence-electron chi connectivity index (χ3n) is 3.38. The summed E-state index contributed by atoms with van der Waals surface area (Å²) in [5, 5.41) is 2.94. The first kappa shape index (κ1) is 16.4. The van der Waals surface area contributed by atoms with Gasteiger partial charge in [-0.05, 0) is 20.8 Å². The predicted molar refractivity (Wildman–Crippen MR) is 93.1 cm³/mol. The van der Waals surface area contributed by atoms with E-state index in [1.807, 2.05) is 24.1 Å². The van der Waals surface area contributed by atoms with Crippen LogP contribution in [0.25, 0.3) is 10.6 Å². The minimum atomic E-state index is 0.103. The summed E-state index contributed by atoms with van der Waals surface area (Å²) in [7, 11) is 0. The highest BCUT2D eigenvalue weighted by Gasteiger charge is 2.14. The molecule has 0 N–H and O–H groups in total. The summed E-state index contributed by atoms with van der Waals surface area (Å²) >= 11 is 1.58. The van der Waals surface area contributed by atoms with Crippen molar-refractivity contribution >= 4 is 17.2 Å². The average molecular weight is 314 g/mol. The zero-order chi connectivity index (χ0) is 16.1. The molecule has 3 nitrogen and oxygen atoms in total. The van der Waals surface area contributed by atoms with Gasteiger partial charge in [-0.1, -0.05) is 42.0 Å². The summed E-state index contributed by atoms with van der Waals surface area (Å²) in [6.45, 7) is 11.2. The number of aryl methyl sites for hydroxylation is 1. The Morgan fingerprint density at radius 3 is 2.59 bits per heavy atom. The second kappa shape index (κ2) is 7.36. The van der Waals surface area contributed by atoms with Gasteiger partial charge in [0.05, 0.1) is 12.1 Å². The number of thiazole rings is 1. The van der Waals surface area contributed by atoms with E-state index in [4.69, 9.17) is 0 Å². The number of rotatable bonds is 6. The van der Waals surface area contributed by atoms with E-state index in [1.54, 1.807) is 11.3 Å². The summed E-state index contributed by atoms with van der Waals surface area (Å²) in [6, 6.07) is 8.29. The molecular formula is C18H22N2OS. The lowest BCUT2D eigenvalue weighted by Crippen LogP contribution is -2.33. The molecule has 0 aliphatic heterocycles. The van der Waals surface area contributed by atoms with E-state index in [9.17, 15) is 4.79 Å². The highest BCUT2D eigenvalue weighted by Crippen LogP contribution is 2.24. The molecule has 1 aromatic heterocycles. The van der Waals surface area contributed by atoms with E-state index in [2.05, 4.69) is 42.8 Å². The Labute approximate surface area is 136 Å². The normalized spacial score (nSPS) is 10.5. The smallest absolute Gasteiger partial charge is 0.228 e. The average Bonchev–Trinajstić information content (AvgIpc) is 2.93. The number of carbonyl (C=O) groups excluding carboxylic acids is 1. The van der Waals surface area contributed by atoms with E-state index in [1.165, 1.54) is 5.56 Å². The summed E-state index contributed by atoms with van der Waals surface area (Å²) in [6.07, 6.45) is 0.351. The second-order valence-electron chi connectivity index (χ2n) is 5.55. The Morgan fingerprint density at radius 1 is 1.32 bits per heavy atom. The summed E-state index contributed by atoms with van der Waals surface area (Å²) in [4.78, 5) is 18.7. The third-order valence-corrected chi connectivity index (χ3v) is 4.32. The van der Waals surface area contributed by atoms with Crippen molar-refractivity contribution in [1.29, 1.82) is 0 Å². The van der Waals surface area contributed by atoms with Gasteiger partial charge in [0.1, 0.15) is 5.01 Å². The molecule has 4 heteroatoms. The fraction of sp³-hybridized carbons (Fsp3) is 0.333. The van der Waals surface area contributed by atoms with Gasteiger partial charge in [0.2, 0.25) is 5.91 Å². The minimum absolute atomic E-state index is 0.103. The van der Waals surface area contributed by atoms with Crippen LogP contribution in [0.2, 0.25) is 0 Å². The van der Waals surface area contributed by atoms with Crippen LogP contribution < -0.4 is 0 Å². The fourth-order valence-electron chi connectivity index (χ4n) is 2.19. The van der Waals surface area contributed by atoms with Crippen molar-refractivity contribution in [2.24, 2.45) is 0 Å². The van der Waals surface area contributed by atoms with Crippen molar-refractivity contribution in [3.8, 4) is 10.6 Å². The van der Waals surface area contributed by atoms with Crippen molar-refractivity contribution in [3.63, 3.8) is 0 Å². The summed E-state index contributed by atoms with van der Waals surface area (Å²) < 4.78 is 0. The van der Waals surface area contributed by atoms with Crippen molar-refractivity contribution in [1.82, 2.24) is 9.88 Å². The number of hydrogen-bond acceptors (Lipinski definition) is 3. The molecule has 0 fully saturated rings. The van der Waals surface area contributed by atoms with Gasteiger partial charge in [-0.3, -0.25) is 4.79 Å². The lowest BCUT2D eigenvalue weighted by molar-refractivity contribution is -0.129. The first-order chi connectivity index (χ1) is 10.5. The Balaban J connectivity index is 2.06. The first-order valence-electron chi connectivity index (χ1n) is 7.43. The molecule has 0 atom stereocenters. The van der Waals surface area contributed by atoms with Gasteiger partial charge in [0, 0.05) is 24.0 Å². The van der Waals surface area contributed by atoms with E-state index in [0.29, 0.717) is 19.5 Å². The van der Waals surface area contributed by atoms with Gasteiger partial charge < -0.3 is 4.90 Å². The van der Waals surface area contributed by atoms with Crippen LogP contribution >= 0.6 is 11.3 Å². The predicted octanol–water partition coefficient (Wildman–Crippen LogP) is 4.09. The molecule has 0 spiro atoms.